The van der Waals surface area contributed by atoms with E-state index in [0.29, 0.717) is 21.9 Å². The first-order valence-corrected chi connectivity index (χ1v) is 9.97. The van der Waals surface area contributed by atoms with E-state index in [1.165, 1.54) is 6.21 Å². The maximum atomic E-state index is 12.2. The van der Waals surface area contributed by atoms with Crippen LogP contribution in [0.4, 0.5) is 5.69 Å². The van der Waals surface area contributed by atoms with Crippen molar-refractivity contribution in [1.29, 1.82) is 0 Å². The number of halogens is 1. The van der Waals surface area contributed by atoms with Crippen LogP contribution in [-0.4, -0.2) is 24.6 Å². The Morgan fingerprint density at radius 1 is 1.00 bits per heavy atom. The molecular formula is C24H22ClN3O3. The molecule has 7 heteroatoms. The van der Waals surface area contributed by atoms with Gasteiger partial charge in [-0.3, -0.25) is 9.59 Å². The summed E-state index contributed by atoms with van der Waals surface area (Å²) < 4.78 is 5.57. The number of aryl methyl sites for hydroxylation is 2. The van der Waals surface area contributed by atoms with Gasteiger partial charge in [0.15, 0.2) is 6.61 Å². The maximum Gasteiger partial charge on any atom is 0.271 e. The first-order chi connectivity index (χ1) is 14.9. The number of anilines is 1. The molecule has 0 aliphatic carbocycles. The Kier molecular flexibility index (Phi) is 7.40. The molecule has 3 aromatic rings. The summed E-state index contributed by atoms with van der Waals surface area (Å²) in [5.41, 5.74) is 6.57. The van der Waals surface area contributed by atoms with E-state index in [-0.39, 0.29) is 18.4 Å². The lowest BCUT2D eigenvalue weighted by Crippen LogP contribution is -2.20. The Morgan fingerprint density at radius 3 is 2.58 bits per heavy atom. The molecule has 6 nitrogen and oxygen atoms in total. The van der Waals surface area contributed by atoms with Gasteiger partial charge >= 0.3 is 0 Å². The zero-order valence-corrected chi connectivity index (χ0v) is 17.9. The van der Waals surface area contributed by atoms with Crippen molar-refractivity contribution in [2.75, 3.05) is 11.9 Å². The molecule has 0 aromatic heterocycles. The van der Waals surface area contributed by atoms with E-state index < -0.39 is 0 Å². The van der Waals surface area contributed by atoms with Gasteiger partial charge in [0.05, 0.1) is 6.21 Å². The van der Waals surface area contributed by atoms with E-state index in [1.807, 2.05) is 32.0 Å². The van der Waals surface area contributed by atoms with Crippen LogP contribution in [0.1, 0.15) is 27.0 Å². The zero-order chi connectivity index (χ0) is 22.2. The van der Waals surface area contributed by atoms with Crippen LogP contribution in [0.3, 0.4) is 0 Å². The second-order valence-corrected chi connectivity index (χ2v) is 7.35. The van der Waals surface area contributed by atoms with E-state index in [1.54, 1.807) is 48.5 Å². The second-order valence-electron chi connectivity index (χ2n) is 6.92. The third kappa shape index (κ3) is 6.69. The molecule has 0 atom stereocenters. The third-order valence-electron chi connectivity index (χ3n) is 4.49. The van der Waals surface area contributed by atoms with E-state index in [4.69, 9.17) is 16.3 Å². The molecule has 0 saturated carbocycles. The molecular weight excluding hydrogens is 414 g/mol. The maximum absolute atomic E-state index is 12.2. The average Bonchev–Trinajstić information content (AvgIpc) is 2.75. The summed E-state index contributed by atoms with van der Waals surface area (Å²) >= 11 is 5.89. The van der Waals surface area contributed by atoms with E-state index in [2.05, 4.69) is 15.8 Å². The lowest BCUT2D eigenvalue weighted by Gasteiger charge is -2.09. The number of nitrogens with zero attached hydrogens (tertiary/aromatic N) is 1. The summed E-state index contributed by atoms with van der Waals surface area (Å²) in [6.45, 7) is 3.88. The van der Waals surface area contributed by atoms with Crippen molar-refractivity contribution in [3.05, 3.63) is 94.0 Å². The van der Waals surface area contributed by atoms with Crippen LogP contribution < -0.4 is 15.5 Å². The Labute approximate surface area is 185 Å². The molecule has 2 N–H and O–H groups in total. The van der Waals surface area contributed by atoms with Gasteiger partial charge in [-0.2, -0.15) is 5.10 Å². The smallest absolute Gasteiger partial charge is 0.271 e. The molecule has 0 heterocycles. The van der Waals surface area contributed by atoms with Crippen LogP contribution in [-0.2, 0) is 4.79 Å². The molecule has 3 aromatic carbocycles. The number of hydrogen-bond donors (Lipinski definition) is 2. The van der Waals surface area contributed by atoms with Gasteiger partial charge in [-0.15, -0.1) is 0 Å². The third-order valence-corrected chi connectivity index (χ3v) is 4.72. The molecule has 0 aliphatic heterocycles. The number of benzene rings is 3. The molecule has 0 saturated heterocycles. The number of carbonyl (C=O) groups excluding carboxylic acids is 2. The fraction of sp³-hybridized carbons (Fsp3) is 0.125. The quantitative estimate of drug-likeness (QED) is 0.415. The van der Waals surface area contributed by atoms with Gasteiger partial charge in [0.1, 0.15) is 5.75 Å². The largest absolute Gasteiger partial charge is 0.484 e. The van der Waals surface area contributed by atoms with Gasteiger partial charge in [0.25, 0.3) is 11.8 Å². The fourth-order valence-corrected chi connectivity index (χ4v) is 2.90. The number of nitrogens with one attached hydrogen (secondary N) is 2. The highest BCUT2D eigenvalue weighted by Gasteiger charge is 2.06. The van der Waals surface area contributed by atoms with Crippen molar-refractivity contribution in [2.45, 2.75) is 13.8 Å². The standard InChI is InChI=1S/C24H22ClN3O3/c1-16-9-10-21(11-17(16)2)27-23(29)15-31-22-8-3-5-18(12-22)14-26-28-24(30)19-6-4-7-20(25)13-19/h3-14H,15H2,1-2H3,(H,27,29)(H,28,30)/b26-14+. The van der Waals surface area contributed by atoms with Crippen LogP contribution in [0.25, 0.3) is 0 Å². The van der Waals surface area contributed by atoms with E-state index in [9.17, 15) is 9.59 Å². The van der Waals surface area contributed by atoms with Crippen LogP contribution >= 0.6 is 11.6 Å². The molecule has 3 rings (SSSR count). The molecule has 0 bridgehead atoms. The number of hydrogen-bond acceptors (Lipinski definition) is 4. The van der Waals surface area contributed by atoms with Crippen molar-refractivity contribution >= 4 is 35.3 Å². The SMILES string of the molecule is Cc1ccc(NC(=O)COc2cccc(/C=N/NC(=O)c3cccc(Cl)c3)c2)cc1C. The molecule has 158 valence electrons. The van der Waals surface area contributed by atoms with E-state index in [0.717, 1.165) is 16.8 Å². The molecule has 0 aliphatic rings. The minimum atomic E-state index is -0.367. The normalized spacial score (nSPS) is 10.7. The summed E-state index contributed by atoms with van der Waals surface area (Å²) in [5, 5.41) is 7.24. The van der Waals surface area contributed by atoms with Gasteiger partial charge in [-0.25, -0.2) is 5.43 Å². The number of hydrazone groups is 1. The Morgan fingerprint density at radius 2 is 1.81 bits per heavy atom. The summed E-state index contributed by atoms with van der Waals surface area (Å²) in [6, 6.07) is 19.4. The number of carbonyl (C=O) groups is 2. The topological polar surface area (TPSA) is 79.8 Å². The van der Waals surface area contributed by atoms with Crippen molar-refractivity contribution < 1.29 is 14.3 Å². The summed E-state index contributed by atoms with van der Waals surface area (Å²) in [6.07, 6.45) is 1.49. The van der Waals surface area contributed by atoms with Gasteiger partial charge in [0, 0.05) is 16.3 Å². The summed E-state index contributed by atoms with van der Waals surface area (Å²) in [7, 11) is 0. The average molecular weight is 436 g/mol. The first-order valence-electron chi connectivity index (χ1n) is 9.59. The highest BCUT2D eigenvalue weighted by atomic mass is 35.5. The van der Waals surface area contributed by atoms with E-state index >= 15 is 0 Å². The number of rotatable bonds is 7. The fourth-order valence-electron chi connectivity index (χ4n) is 2.71. The monoisotopic (exact) mass is 435 g/mol. The summed E-state index contributed by atoms with van der Waals surface area (Å²) in [5.74, 6) is -0.106. The number of ether oxygens (including phenoxy) is 1. The lowest BCUT2D eigenvalue weighted by atomic mass is 10.1. The summed E-state index contributed by atoms with van der Waals surface area (Å²) in [4.78, 5) is 24.2. The molecule has 0 fully saturated rings. The molecule has 31 heavy (non-hydrogen) atoms. The van der Waals surface area contributed by atoms with Gasteiger partial charge in [-0.1, -0.05) is 35.9 Å². The van der Waals surface area contributed by atoms with Crippen molar-refractivity contribution in [2.24, 2.45) is 5.10 Å². The first kappa shape index (κ1) is 22.1. The minimum Gasteiger partial charge on any atom is -0.484 e. The van der Waals surface area contributed by atoms with Crippen LogP contribution in [0.2, 0.25) is 5.02 Å². The van der Waals surface area contributed by atoms with Crippen LogP contribution in [0, 0.1) is 13.8 Å². The zero-order valence-electron chi connectivity index (χ0n) is 17.2. The number of amides is 2. The Balaban J connectivity index is 1.52. The highest BCUT2D eigenvalue weighted by molar-refractivity contribution is 6.30. The van der Waals surface area contributed by atoms with Crippen molar-refractivity contribution in [3.63, 3.8) is 0 Å². The molecule has 2 amide bonds. The predicted molar refractivity (Wildman–Crippen MR) is 123 cm³/mol. The lowest BCUT2D eigenvalue weighted by molar-refractivity contribution is -0.118. The van der Waals surface area contributed by atoms with Crippen LogP contribution in [0.5, 0.6) is 5.75 Å². The van der Waals surface area contributed by atoms with Crippen molar-refractivity contribution in [3.8, 4) is 5.75 Å². The van der Waals surface area contributed by atoms with Crippen LogP contribution in [0.15, 0.2) is 71.8 Å². The van der Waals surface area contributed by atoms with Gasteiger partial charge in [-0.05, 0) is 73.0 Å². The predicted octanol–water partition coefficient (Wildman–Crippen LogP) is 4.74. The Hall–Kier alpha value is -3.64. The van der Waals surface area contributed by atoms with Gasteiger partial charge in [0.2, 0.25) is 0 Å². The molecule has 0 radical (unpaired) electrons. The molecule has 0 unspecified atom stereocenters. The minimum absolute atomic E-state index is 0.126. The Bertz CT molecular complexity index is 1130. The second kappa shape index (κ2) is 10.4. The van der Waals surface area contributed by atoms with Gasteiger partial charge < -0.3 is 10.1 Å². The van der Waals surface area contributed by atoms with Crippen molar-refractivity contribution in [1.82, 2.24) is 5.43 Å². The molecule has 0 spiro atoms. The highest BCUT2D eigenvalue weighted by Crippen LogP contribution is 2.15.